The first-order valence-corrected chi connectivity index (χ1v) is 7.38. The molecule has 3 aromatic heterocycles. The summed E-state index contributed by atoms with van der Waals surface area (Å²) in [5.74, 6) is 0.138. The zero-order valence-electron chi connectivity index (χ0n) is 11.8. The van der Waals surface area contributed by atoms with Crippen LogP contribution in [0.3, 0.4) is 0 Å². The summed E-state index contributed by atoms with van der Waals surface area (Å²) in [5.41, 5.74) is 1.92. The molecule has 6 nitrogen and oxygen atoms in total. The Morgan fingerprint density at radius 3 is 2.50 bits per heavy atom. The van der Waals surface area contributed by atoms with Gasteiger partial charge in [-0.25, -0.2) is 4.98 Å². The smallest absolute Gasteiger partial charge is 0.297 e. The molecule has 0 aliphatic heterocycles. The predicted octanol–water partition coefficient (Wildman–Crippen LogP) is 2.33. The van der Waals surface area contributed by atoms with Gasteiger partial charge in [0.05, 0.1) is 10.1 Å². The summed E-state index contributed by atoms with van der Waals surface area (Å²) in [5, 5.41) is 3.43. The van der Waals surface area contributed by atoms with E-state index in [0.717, 1.165) is 21.6 Å². The van der Waals surface area contributed by atoms with Gasteiger partial charge in [-0.1, -0.05) is 25.2 Å². The molecule has 0 aliphatic rings. The van der Waals surface area contributed by atoms with E-state index in [9.17, 15) is 9.59 Å². The highest BCUT2D eigenvalue weighted by Gasteiger charge is 2.21. The van der Waals surface area contributed by atoms with Crippen molar-refractivity contribution in [3.05, 3.63) is 25.6 Å². The van der Waals surface area contributed by atoms with Gasteiger partial charge in [-0.3, -0.25) is 24.4 Å². The van der Waals surface area contributed by atoms with Gasteiger partial charge in [0.25, 0.3) is 5.56 Å². The third-order valence-electron chi connectivity index (χ3n) is 3.36. The van der Waals surface area contributed by atoms with E-state index in [1.54, 1.807) is 4.68 Å². The van der Waals surface area contributed by atoms with Gasteiger partial charge in [0.2, 0.25) is 0 Å². The van der Waals surface area contributed by atoms with Crippen molar-refractivity contribution in [3.63, 3.8) is 0 Å². The summed E-state index contributed by atoms with van der Waals surface area (Å²) in [7, 11) is 0. The fraction of sp³-hybridized carbons (Fsp3) is 0.462. The van der Waals surface area contributed by atoms with Crippen molar-refractivity contribution in [1.82, 2.24) is 19.7 Å². The SMILES string of the molecule is CC(C)c1c2sc(=O)[nH]c2nc2c1c(=O)[nH]n2C(C)C. The van der Waals surface area contributed by atoms with Crippen LogP contribution in [0.1, 0.15) is 45.2 Å². The van der Waals surface area contributed by atoms with Crippen molar-refractivity contribution in [2.24, 2.45) is 0 Å². The third-order valence-corrected chi connectivity index (χ3v) is 4.26. The topological polar surface area (TPSA) is 83.5 Å². The Bertz CT molecular complexity index is 910. The van der Waals surface area contributed by atoms with E-state index in [4.69, 9.17) is 0 Å². The first kappa shape index (κ1) is 13.1. The van der Waals surface area contributed by atoms with Crippen LogP contribution < -0.4 is 10.4 Å². The second-order valence-electron chi connectivity index (χ2n) is 5.48. The lowest BCUT2D eigenvalue weighted by Gasteiger charge is -2.10. The maximum Gasteiger partial charge on any atom is 0.306 e. The van der Waals surface area contributed by atoms with E-state index < -0.39 is 0 Å². The molecule has 0 spiro atoms. The zero-order valence-corrected chi connectivity index (χ0v) is 12.6. The van der Waals surface area contributed by atoms with Gasteiger partial charge < -0.3 is 0 Å². The number of aromatic nitrogens is 4. The number of thiazole rings is 1. The van der Waals surface area contributed by atoms with Gasteiger partial charge in [-0.05, 0) is 25.3 Å². The lowest BCUT2D eigenvalue weighted by atomic mass is 10.0. The molecule has 0 fully saturated rings. The number of pyridine rings is 1. The van der Waals surface area contributed by atoms with Crippen LogP contribution in [0.25, 0.3) is 21.4 Å². The van der Waals surface area contributed by atoms with Crippen molar-refractivity contribution >= 4 is 32.7 Å². The number of H-pyrrole nitrogens is 2. The van der Waals surface area contributed by atoms with Crippen molar-refractivity contribution < 1.29 is 0 Å². The predicted molar refractivity (Wildman–Crippen MR) is 80.8 cm³/mol. The third kappa shape index (κ3) is 1.73. The van der Waals surface area contributed by atoms with Crippen molar-refractivity contribution in [2.45, 2.75) is 39.7 Å². The second kappa shape index (κ2) is 4.31. The lowest BCUT2D eigenvalue weighted by Crippen LogP contribution is -2.08. The second-order valence-corrected chi connectivity index (χ2v) is 6.46. The minimum absolute atomic E-state index is 0.0931. The van der Waals surface area contributed by atoms with Crippen molar-refractivity contribution in [1.29, 1.82) is 0 Å². The fourth-order valence-corrected chi connectivity index (χ4v) is 3.49. The average molecular weight is 292 g/mol. The van der Waals surface area contributed by atoms with E-state index >= 15 is 0 Å². The highest BCUT2D eigenvalue weighted by Crippen LogP contribution is 2.31. The maximum atomic E-state index is 12.3. The minimum atomic E-state index is -0.146. The molecule has 0 radical (unpaired) electrons. The molecule has 20 heavy (non-hydrogen) atoms. The summed E-state index contributed by atoms with van der Waals surface area (Å²) < 4.78 is 2.53. The van der Waals surface area contributed by atoms with Crippen LogP contribution in [0.5, 0.6) is 0 Å². The zero-order chi connectivity index (χ0) is 14.6. The number of aromatic amines is 2. The first-order valence-electron chi connectivity index (χ1n) is 6.57. The summed E-state index contributed by atoms with van der Waals surface area (Å²) in [6, 6.07) is 0.0931. The molecule has 2 N–H and O–H groups in total. The summed E-state index contributed by atoms with van der Waals surface area (Å²) in [6.45, 7) is 7.99. The van der Waals surface area contributed by atoms with Crippen molar-refractivity contribution in [3.8, 4) is 0 Å². The minimum Gasteiger partial charge on any atom is -0.297 e. The Hall–Kier alpha value is -1.89. The molecule has 0 saturated carbocycles. The van der Waals surface area contributed by atoms with Gasteiger partial charge in [0.1, 0.15) is 0 Å². The highest BCUT2D eigenvalue weighted by molar-refractivity contribution is 7.16. The Morgan fingerprint density at radius 2 is 1.90 bits per heavy atom. The molecular formula is C13H16N4O2S. The molecule has 0 aromatic carbocycles. The number of fused-ring (bicyclic) bond motifs is 2. The Morgan fingerprint density at radius 1 is 1.20 bits per heavy atom. The molecule has 106 valence electrons. The van der Waals surface area contributed by atoms with Crippen LogP contribution in [0.2, 0.25) is 0 Å². The van der Waals surface area contributed by atoms with Gasteiger partial charge in [-0.2, -0.15) is 0 Å². The van der Waals surface area contributed by atoms with E-state index in [2.05, 4.69) is 15.1 Å². The number of hydrogen-bond donors (Lipinski definition) is 2. The van der Waals surface area contributed by atoms with E-state index in [1.165, 1.54) is 0 Å². The quantitative estimate of drug-likeness (QED) is 0.760. The van der Waals surface area contributed by atoms with Gasteiger partial charge in [-0.15, -0.1) is 0 Å². The lowest BCUT2D eigenvalue weighted by molar-refractivity contribution is 0.542. The molecule has 0 atom stereocenters. The molecule has 7 heteroatoms. The van der Waals surface area contributed by atoms with E-state index in [-0.39, 0.29) is 22.4 Å². The number of nitrogens with one attached hydrogen (secondary N) is 2. The van der Waals surface area contributed by atoms with Crippen LogP contribution in [-0.4, -0.2) is 19.7 Å². The molecule has 0 bridgehead atoms. The van der Waals surface area contributed by atoms with Gasteiger partial charge in [0.15, 0.2) is 11.3 Å². The van der Waals surface area contributed by atoms with Crippen molar-refractivity contribution in [2.75, 3.05) is 0 Å². The number of nitrogens with zero attached hydrogens (tertiary/aromatic N) is 2. The molecule has 3 aromatic rings. The fourth-order valence-electron chi connectivity index (χ4n) is 2.52. The molecular weight excluding hydrogens is 276 g/mol. The summed E-state index contributed by atoms with van der Waals surface area (Å²) in [6.07, 6.45) is 0. The maximum absolute atomic E-state index is 12.3. The number of hydrogen-bond acceptors (Lipinski definition) is 4. The van der Waals surface area contributed by atoms with Crippen LogP contribution in [0, 0.1) is 0 Å². The van der Waals surface area contributed by atoms with Crippen LogP contribution in [-0.2, 0) is 0 Å². The Balaban J connectivity index is 2.61. The summed E-state index contributed by atoms with van der Waals surface area (Å²) in [4.78, 5) is 30.9. The van der Waals surface area contributed by atoms with Crippen LogP contribution >= 0.6 is 11.3 Å². The standard InChI is InChI=1S/C13H16N4O2S/c1-5(2)7-8-11(17(6(3)4)16-12(8)18)14-10-9(7)20-13(19)15-10/h5-6H,1-4H3,(H,16,18)(H,14,15,19). The summed E-state index contributed by atoms with van der Waals surface area (Å²) >= 11 is 1.11. The average Bonchev–Trinajstić information content (AvgIpc) is 2.86. The van der Waals surface area contributed by atoms with Crippen LogP contribution in [0.4, 0.5) is 0 Å². The van der Waals surface area contributed by atoms with Gasteiger partial charge >= 0.3 is 4.87 Å². The molecule has 0 unspecified atom stereocenters. The van der Waals surface area contributed by atoms with Gasteiger partial charge in [0, 0.05) is 6.04 Å². The monoisotopic (exact) mass is 292 g/mol. The van der Waals surface area contributed by atoms with Crippen LogP contribution in [0.15, 0.2) is 9.59 Å². The Labute approximate surface area is 118 Å². The first-order chi connectivity index (χ1) is 9.40. The normalized spacial score (nSPS) is 12.3. The molecule has 0 amide bonds. The van der Waals surface area contributed by atoms with E-state index in [0.29, 0.717) is 16.7 Å². The Kier molecular flexibility index (Phi) is 2.82. The number of rotatable bonds is 2. The largest absolute Gasteiger partial charge is 0.306 e. The molecule has 3 heterocycles. The highest BCUT2D eigenvalue weighted by atomic mass is 32.1. The molecule has 0 saturated heterocycles. The molecule has 0 aliphatic carbocycles. The van der Waals surface area contributed by atoms with E-state index in [1.807, 2.05) is 27.7 Å². The molecule has 3 rings (SSSR count).